The number of ether oxygens (including phenoxy) is 1. The molecule has 5 nitrogen and oxygen atoms in total. The summed E-state index contributed by atoms with van der Waals surface area (Å²) < 4.78 is 5.95. The van der Waals surface area contributed by atoms with Crippen LogP contribution < -0.4 is 4.74 Å². The van der Waals surface area contributed by atoms with Crippen molar-refractivity contribution in [1.29, 1.82) is 0 Å². The molecule has 2 aromatic rings. The van der Waals surface area contributed by atoms with Crippen molar-refractivity contribution in [3.63, 3.8) is 0 Å². The third-order valence-electron chi connectivity index (χ3n) is 9.48. The fraction of sp³-hybridized carbons (Fsp3) is 0.667. The van der Waals surface area contributed by atoms with Crippen molar-refractivity contribution in [3.05, 3.63) is 59.7 Å². The molecule has 0 aliphatic heterocycles. The molecule has 0 fully saturated rings. The van der Waals surface area contributed by atoms with Crippen LogP contribution in [-0.4, -0.2) is 33.0 Å². The Balaban J connectivity index is 1.73. The summed E-state index contributed by atoms with van der Waals surface area (Å²) in [4.78, 5) is 26.1. The van der Waals surface area contributed by atoms with E-state index in [9.17, 15) is 19.8 Å². The van der Waals surface area contributed by atoms with Crippen LogP contribution in [-0.2, 0) is 0 Å². The van der Waals surface area contributed by atoms with Gasteiger partial charge in [-0.05, 0) is 75.2 Å². The number of hydrogen-bond acceptors (Lipinski definition) is 5. The molecular weight excluding hydrogens is 584 g/mol. The van der Waals surface area contributed by atoms with Gasteiger partial charge in [0, 0.05) is 11.1 Å². The van der Waals surface area contributed by atoms with Crippen molar-refractivity contribution < 1.29 is 24.5 Å². The maximum atomic E-state index is 13.0. The molecule has 0 aliphatic rings. The Bertz CT molecular complexity index is 1030. The average molecular weight is 651 g/mol. The maximum Gasteiger partial charge on any atom is 0.194 e. The highest BCUT2D eigenvalue weighted by Gasteiger charge is 2.31. The van der Waals surface area contributed by atoms with E-state index in [0.29, 0.717) is 35.5 Å². The highest BCUT2D eigenvalue weighted by molar-refractivity contribution is 6.02. The summed E-state index contributed by atoms with van der Waals surface area (Å²) in [5.74, 6) is 0.575. The normalized spacial score (nSPS) is 14.0. The highest BCUT2D eigenvalue weighted by atomic mass is 16.5. The number of unbranched alkanes of at least 4 members (excludes halogenated alkanes) is 18. The summed E-state index contributed by atoms with van der Waals surface area (Å²) in [6, 6.07) is 13.6. The molecule has 0 spiro atoms. The number of carbonyl (C=O) groups excluding carboxylic acids is 2. The first-order valence-corrected chi connectivity index (χ1v) is 19.0. The molecule has 264 valence electrons. The SMILES string of the molecule is CCCCCCCCCCCCC(C)(O)C(=O)c1ccc(Oc2ccc(C(=O)C(C)(O)CCCCCCCCCCCC)cc2)cc1. The van der Waals surface area contributed by atoms with Crippen LogP contribution >= 0.6 is 0 Å². The Morgan fingerprint density at radius 3 is 1.00 bits per heavy atom. The second kappa shape index (κ2) is 23.0. The summed E-state index contributed by atoms with van der Waals surface area (Å²) in [5.41, 5.74) is -1.86. The van der Waals surface area contributed by atoms with E-state index in [1.54, 1.807) is 62.4 Å². The lowest BCUT2D eigenvalue weighted by Gasteiger charge is -2.22. The molecule has 2 atom stereocenters. The molecule has 2 N–H and O–H groups in total. The molecule has 0 aliphatic carbocycles. The van der Waals surface area contributed by atoms with Crippen LogP contribution in [0, 0.1) is 0 Å². The Morgan fingerprint density at radius 2 is 0.723 bits per heavy atom. The van der Waals surface area contributed by atoms with Gasteiger partial charge in [-0.15, -0.1) is 0 Å². The molecule has 0 saturated carbocycles. The van der Waals surface area contributed by atoms with Crippen LogP contribution in [0.3, 0.4) is 0 Å². The largest absolute Gasteiger partial charge is 0.457 e. The molecule has 0 saturated heterocycles. The van der Waals surface area contributed by atoms with E-state index in [4.69, 9.17) is 4.74 Å². The molecule has 5 heteroatoms. The average Bonchev–Trinajstić information content (AvgIpc) is 3.06. The van der Waals surface area contributed by atoms with Crippen molar-refractivity contribution >= 4 is 11.6 Å². The standard InChI is InChI=1S/C42H66O5/c1-5-7-9-11-13-15-17-19-21-23-33-41(3,45)39(43)35-25-29-37(30-26-35)47-38-31-27-36(28-32-38)40(44)42(4,46)34-24-22-20-18-16-14-12-10-8-6-2/h25-32,45-46H,5-24,33-34H2,1-4H3. The summed E-state index contributed by atoms with van der Waals surface area (Å²) in [5, 5.41) is 21.8. The van der Waals surface area contributed by atoms with E-state index < -0.39 is 11.2 Å². The van der Waals surface area contributed by atoms with Crippen LogP contribution in [0.1, 0.15) is 190 Å². The summed E-state index contributed by atoms with van der Waals surface area (Å²) in [7, 11) is 0. The summed E-state index contributed by atoms with van der Waals surface area (Å²) in [6.07, 6.45) is 25.1. The van der Waals surface area contributed by atoms with Gasteiger partial charge < -0.3 is 14.9 Å². The smallest absolute Gasteiger partial charge is 0.194 e. The van der Waals surface area contributed by atoms with Gasteiger partial charge in [0.05, 0.1) is 0 Å². The molecule has 0 heterocycles. The van der Waals surface area contributed by atoms with E-state index in [1.807, 2.05) is 0 Å². The van der Waals surface area contributed by atoms with E-state index in [-0.39, 0.29) is 11.6 Å². The number of Topliss-reactive ketones (excluding diaryl/α,β-unsaturated/α-hetero) is 2. The monoisotopic (exact) mass is 650 g/mol. The van der Waals surface area contributed by atoms with Gasteiger partial charge in [0.2, 0.25) is 0 Å². The van der Waals surface area contributed by atoms with E-state index in [0.717, 1.165) is 38.5 Å². The van der Waals surface area contributed by atoms with Crippen LogP contribution in [0.5, 0.6) is 11.5 Å². The zero-order valence-electron chi connectivity index (χ0n) is 30.3. The van der Waals surface area contributed by atoms with Crippen molar-refractivity contribution in [3.8, 4) is 11.5 Å². The lowest BCUT2D eigenvalue weighted by Crippen LogP contribution is -2.35. The van der Waals surface area contributed by atoms with Gasteiger partial charge in [-0.1, -0.05) is 142 Å². The second-order valence-electron chi connectivity index (χ2n) is 14.2. The van der Waals surface area contributed by atoms with E-state index in [2.05, 4.69) is 13.8 Å². The number of ketones is 2. The molecule has 0 aromatic heterocycles. The van der Waals surface area contributed by atoms with Crippen molar-refractivity contribution in [2.75, 3.05) is 0 Å². The van der Waals surface area contributed by atoms with Crippen LogP contribution in [0.2, 0.25) is 0 Å². The lowest BCUT2D eigenvalue weighted by molar-refractivity contribution is 0.0354. The zero-order valence-corrected chi connectivity index (χ0v) is 30.3. The Kier molecular flexibility index (Phi) is 19.9. The van der Waals surface area contributed by atoms with Gasteiger partial charge in [0.15, 0.2) is 11.6 Å². The maximum absolute atomic E-state index is 13.0. The van der Waals surface area contributed by atoms with Crippen molar-refractivity contribution in [2.45, 2.75) is 180 Å². The minimum absolute atomic E-state index is 0.271. The second-order valence-corrected chi connectivity index (χ2v) is 14.2. The van der Waals surface area contributed by atoms with Crippen molar-refractivity contribution in [2.24, 2.45) is 0 Å². The van der Waals surface area contributed by atoms with Gasteiger partial charge in [0.1, 0.15) is 22.7 Å². The van der Waals surface area contributed by atoms with E-state index in [1.165, 1.54) is 89.9 Å². The van der Waals surface area contributed by atoms with Crippen molar-refractivity contribution in [1.82, 2.24) is 0 Å². The van der Waals surface area contributed by atoms with Gasteiger partial charge in [-0.25, -0.2) is 0 Å². The third-order valence-corrected chi connectivity index (χ3v) is 9.48. The zero-order chi connectivity index (χ0) is 34.4. The number of rotatable bonds is 28. The predicted octanol–water partition coefficient (Wildman–Crippen LogP) is 12.0. The highest BCUT2D eigenvalue weighted by Crippen LogP contribution is 2.27. The Hall–Kier alpha value is -2.50. The van der Waals surface area contributed by atoms with Gasteiger partial charge >= 0.3 is 0 Å². The Morgan fingerprint density at radius 1 is 0.468 bits per heavy atom. The quantitative estimate of drug-likeness (QED) is 0.0707. The predicted molar refractivity (Wildman–Crippen MR) is 196 cm³/mol. The summed E-state index contributed by atoms with van der Waals surface area (Å²) >= 11 is 0. The molecule has 0 bridgehead atoms. The van der Waals surface area contributed by atoms with Gasteiger partial charge in [0.25, 0.3) is 0 Å². The van der Waals surface area contributed by atoms with Crippen LogP contribution in [0.4, 0.5) is 0 Å². The number of benzene rings is 2. The molecule has 0 radical (unpaired) electrons. The van der Waals surface area contributed by atoms with Crippen LogP contribution in [0.25, 0.3) is 0 Å². The van der Waals surface area contributed by atoms with E-state index >= 15 is 0 Å². The Labute approximate surface area is 286 Å². The number of hydrogen-bond donors (Lipinski definition) is 2. The van der Waals surface area contributed by atoms with Gasteiger partial charge in [-0.2, -0.15) is 0 Å². The minimum Gasteiger partial charge on any atom is -0.457 e. The molecule has 2 rings (SSSR count). The fourth-order valence-electron chi connectivity index (χ4n) is 6.25. The minimum atomic E-state index is -1.39. The third kappa shape index (κ3) is 16.4. The molecular formula is C42H66O5. The molecule has 0 amide bonds. The lowest BCUT2D eigenvalue weighted by atomic mass is 9.89. The molecule has 2 aromatic carbocycles. The number of carbonyl (C=O) groups is 2. The topological polar surface area (TPSA) is 83.8 Å². The van der Waals surface area contributed by atoms with Crippen LogP contribution in [0.15, 0.2) is 48.5 Å². The number of aliphatic hydroxyl groups is 2. The first-order valence-electron chi connectivity index (χ1n) is 19.0. The fourth-order valence-corrected chi connectivity index (χ4v) is 6.25. The molecule has 47 heavy (non-hydrogen) atoms. The molecule has 2 unspecified atom stereocenters. The first-order chi connectivity index (χ1) is 22.6. The summed E-state index contributed by atoms with van der Waals surface area (Å²) in [6.45, 7) is 7.71. The van der Waals surface area contributed by atoms with Gasteiger partial charge in [-0.3, -0.25) is 9.59 Å². The first kappa shape index (κ1) is 40.7.